The Morgan fingerprint density at radius 3 is 2.71 bits per heavy atom. The third-order valence-electron chi connectivity index (χ3n) is 3.21. The molecule has 0 bridgehead atoms. The lowest BCUT2D eigenvalue weighted by Crippen LogP contribution is -2.01. The second kappa shape index (κ2) is 6.68. The second-order valence-corrected chi connectivity index (χ2v) is 7.06. The molecule has 0 amide bonds. The fraction of sp³-hybridized carbons (Fsp3) is 0.429. The molecule has 1 heterocycles. The molecule has 0 aliphatic carbocycles. The molecule has 0 saturated heterocycles. The third-order valence-corrected chi connectivity index (χ3v) is 4.54. The molecule has 0 unspecified atom stereocenters. The molecule has 0 aliphatic rings. The van der Waals surface area contributed by atoms with Gasteiger partial charge in [-0.1, -0.05) is 6.07 Å². The van der Waals surface area contributed by atoms with Crippen LogP contribution in [0.3, 0.4) is 0 Å². The molecule has 1 aromatic heterocycles. The van der Waals surface area contributed by atoms with Crippen molar-refractivity contribution in [1.82, 2.24) is 4.57 Å². The van der Waals surface area contributed by atoms with Crippen LogP contribution in [-0.4, -0.2) is 33.3 Å². The molecule has 2 rings (SSSR count). The zero-order valence-corrected chi connectivity index (χ0v) is 13.6. The van der Waals surface area contributed by atoms with Crippen molar-refractivity contribution in [2.24, 2.45) is 0 Å². The maximum absolute atomic E-state index is 11.8. The molecular formula is C14H18ClNO4S. The van der Waals surface area contributed by atoms with Crippen molar-refractivity contribution in [2.45, 2.75) is 24.8 Å². The van der Waals surface area contributed by atoms with Crippen LogP contribution in [-0.2, 0) is 20.3 Å². The van der Waals surface area contributed by atoms with Gasteiger partial charge in [-0.05, 0) is 25.5 Å². The number of methoxy groups -OCH3 is 1. The summed E-state index contributed by atoms with van der Waals surface area (Å²) in [5.74, 6) is 0.496. The molecule has 0 N–H and O–H groups in total. The number of rotatable bonds is 7. The highest BCUT2D eigenvalue weighted by Gasteiger charge is 2.21. The number of fused-ring (bicyclic) bond motifs is 1. The first-order valence-corrected chi connectivity index (χ1v) is 8.98. The molecule has 1 aromatic carbocycles. The Balaban J connectivity index is 2.48. The van der Waals surface area contributed by atoms with Crippen LogP contribution in [0.2, 0.25) is 0 Å². The van der Waals surface area contributed by atoms with Crippen LogP contribution in [0.25, 0.3) is 10.9 Å². The normalized spacial score (nSPS) is 12.0. The average Bonchev–Trinajstić information content (AvgIpc) is 2.82. The summed E-state index contributed by atoms with van der Waals surface area (Å²) in [6, 6.07) is 5.40. The van der Waals surface area contributed by atoms with Crippen LogP contribution >= 0.6 is 10.7 Å². The topological polar surface area (TPSA) is 57.5 Å². The maximum Gasteiger partial charge on any atom is 0.263 e. The van der Waals surface area contributed by atoms with Gasteiger partial charge in [-0.3, -0.25) is 0 Å². The van der Waals surface area contributed by atoms with Crippen LogP contribution in [0, 0.1) is 0 Å². The highest BCUT2D eigenvalue weighted by Crippen LogP contribution is 2.35. The number of aromatic nitrogens is 1. The van der Waals surface area contributed by atoms with E-state index in [0.29, 0.717) is 30.9 Å². The van der Waals surface area contributed by atoms with E-state index in [4.69, 9.17) is 20.2 Å². The van der Waals surface area contributed by atoms with E-state index < -0.39 is 9.05 Å². The standard InChI is InChI=1S/C14H18ClNO4S/c1-3-20-9-5-8-16-10-13(21(15,17)18)14-11(16)6-4-7-12(14)19-2/h4,6-7,10H,3,5,8-9H2,1-2H3. The summed E-state index contributed by atoms with van der Waals surface area (Å²) in [6.45, 7) is 3.88. The van der Waals surface area contributed by atoms with Crippen molar-refractivity contribution < 1.29 is 17.9 Å². The van der Waals surface area contributed by atoms with Gasteiger partial charge in [-0.25, -0.2) is 8.42 Å². The van der Waals surface area contributed by atoms with E-state index >= 15 is 0 Å². The number of halogens is 1. The molecular weight excluding hydrogens is 314 g/mol. The fourth-order valence-electron chi connectivity index (χ4n) is 2.30. The Morgan fingerprint density at radius 1 is 1.33 bits per heavy atom. The lowest BCUT2D eigenvalue weighted by Gasteiger charge is -2.06. The summed E-state index contributed by atoms with van der Waals surface area (Å²) in [6.07, 6.45) is 2.35. The van der Waals surface area contributed by atoms with Gasteiger partial charge in [0.2, 0.25) is 0 Å². The first kappa shape index (κ1) is 16.1. The Labute approximate surface area is 128 Å². The molecule has 0 saturated carbocycles. The van der Waals surface area contributed by atoms with E-state index in [1.165, 1.54) is 7.11 Å². The largest absolute Gasteiger partial charge is 0.496 e. The lowest BCUT2D eigenvalue weighted by atomic mass is 10.2. The van der Waals surface area contributed by atoms with Crippen LogP contribution in [0.15, 0.2) is 29.3 Å². The maximum atomic E-state index is 11.8. The molecule has 0 atom stereocenters. The van der Waals surface area contributed by atoms with Gasteiger partial charge in [0.25, 0.3) is 9.05 Å². The van der Waals surface area contributed by atoms with Gasteiger partial charge in [0.15, 0.2) is 0 Å². The number of hydrogen-bond donors (Lipinski definition) is 0. The highest BCUT2D eigenvalue weighted by molar-refractivity contribution is 8.14. The highest BCUT2D eigenvalue weighted by atomic mass is 35.7. The lowest BCUT2D eigenvalue weighted by molar-refractivity contribution is 0.142. The van der Waals surface area contributed by atoms with Gasteiger partial charge in [-0.2, -0.15) is 0 Å². The van der Waals surface area contributed by atoms with E-state index in [1.54, 1.807) is 12.3 Å². The van der Waals surface area contributed by atoms with Gasteiger partial charge in [0.05, 0.1) is 18.0 Å². The second-order valence-electron chi connectivity index (χ2n) is 4.53. The van der Waals surface area contributed by atoms with E-state index in [9.17, 15) is 8.42 Å². The summed E-state index contributed by atoms with van der Waals surface area (Å²) >= 11 is 0. The Kier molecular flexibility index (Phi) is 5.13. The van der Waals surface area contributed by atoms with Crippen molar-refractivity contribution in [3.05, 3.63) is 24.4 Å². The predicted octanol–water partition coefficient (Wildman–Crippen LogP) is 3.00. The molecule has 2 aromatic rings. The molecule has 0 radical (unpaired) electrons. The number of aryl methyl sites for hydroxylation is 1. The quantitative estimate of drug-likeness (QED) is 0.578. The smallest absolute Gasteiger partial charge is 0.263 e. The van der Waals surface area contributed by atoms with Crippen molar-refractivity contribution in [3.63, 3.8) is 0 Å². The number of ether oxygens (including phenoxy) is 2. The van der Waals surface area contributed by atoms with E-state index in [0.717, 1.165) is 11.9 Å². The zero-order valence-electron chi connectivity index (χ0n) is 12.0. The van der Waals surface area contributed by atoms with Crippen LogP contribution in [0.5, 0.6) is 5.75 Å². The van der Waals surface area contributed by atoms with Crippen LogP contribution in [0.4, 0.5) is 0 Å². The van der Waals surface area contributed by atoms with E-state index in [2.05, 4.69) is 0 Å². The van der Waals surface area contributed by atoms with Gasteiger partial charge >= 0.3 is 0 Å². The molecule has 21 heavy (non-hydrogen) atoms. The Bertz CT molecular complexity index is 724. The minimum Gasteiger partial charge on any atom is -0.496 e. The first-order valence-electron chi connectivity index (χ1n) is 6.67. The average molecular weight is 332 g/mol. The number of hydrogen-bond acceptors (Lipinski definition) is 4. The van der Waals surface area contributed by atoms with Gasteiger partial charge in [0.1, 0.15) is 10.6 Å². The van der Waals surface area contributed by atoms with Crippen molar-refractivity contribution in [1.29, 1.82) is 0 Å². The Hall–Kier alpha value is -1.24. The van der Waals surface area contributed by atoms with E-state index in [1.807, 2.05) is 23.6 Å². The summed E-state index contributed by atoms with van der Waals surface area (Å²) in [7, 11) is 3.21. The third kappa shape index (κ3) is 3.51. The molecule has 0 spiro atoms. The number of benzene rings is 1. The molecule has 116 valence electrons. The fourth-order valence-corrected chi connectivity index (χ4v) is 3.36. The summed E-state index contributed by atoms with van der Waals surface area (Å²) in [4.78, 5) is 0.0769. The van der Waals surface area contributed by atoms with E-state index in [-0.39, 0.29) is 4.90 Å². The molecule has 0 aliphatic heterocycles. The van der Waals surface area contributed by atoms with Gasteiger partial charge < -0.3 is 14.0 Å². The van der Waals surface area contributed by atoms with Crippen LogP contribution in [0.1, 0.15) is 13.3 Å². The first-order chi connectivity index (χ1) is 9.99. The SMILES string of the molecule is CCOCCCn1cc(S(=O)(=O)Cl)c2c(OC)cccc21. The monoisotopic (exact) mass is 331 g/mol. The number of nitrogens with zero attached hydrogens (tertiary/aromatic N) is 1. The molecule has 0 fully saturated rings. The summed E-state index contributed by atoms with van der Waals surface area (Å²) in [5.41, 5.74) is 0.782. The van der Waals surface area contributed by atoms with Gasteiger partial charge in [0, 0.05) is 36.6 Å². The zero-order chi connectivity index (χ0) is 15.5. The predicted molar refractivity (Wildman–Crippen MR) is 82.6 cm³/mol. The van der Waals surface area contributed by atoms with Crippen LogP contribution < -0.4 is 4.74 Å². The molecule has 7 heteroatoms. The minimum atomic E-state index is -3.84. The van der Waals surface area contributed by atoms with Crippen molar-refractivity contribution in [2.75, 3.05) is 20.3 Å². The van der Waals surface area contributed by atoms with Crippen molar-refractivity contribution >= 4 is 30.6 Å². The van der Waals surface area contributed by atoms with Crippen molar-refractivity contribution in [3.8, 4) is 5.75 Å². The minimum absolute atomic E-state index is 0.0769. The summed E-state index contributed by atoms with van der Waals surface area (Å²) in [5, 5.41) is 0.520. The van der Waals surface area contributed by atoms with Gasteiger partial charge in [-0.15, -0.1) is 0 Å². The molecule has 5 nitrogen and oxygen atoms in total. The Morgan fingerprint density at radius 2 is 2.10 bits per heavy atom. The summed E-state index contributed by atoms with van der Waals surface area (Å²) < 4.78 is 36.0.